The number of aromatic nitrogens is 2. The molecule has 2 rings (SSSR count). The van der Waals surface area contributed by atoms with Crippen molar-refractivity contribution in [2.45, 2.75) is 25.8 Å². The molecule has 3 nitrogen and oxygen atoms in total. The van der Waals surface area contributed by atoms with E-state index in [1.54, 1.807) is 0 Å². The van der Waals surface area contributed by atoms with E-state index in [-0.39, 0.29) is 6.04 Å². The monoisotopic (exact) mass is 229 g/mol. The van der Waals surface area contributed by atoms with Crippen LogP contribution in [-0.2, 0) is 19.9 Å². The van der Waals surface area contributed by atoms with Crippen molar-refractivity contribution in [3.63, 3.8) is 0 Å². The molecular formula is C14H19N3. The van der Waals surface area contributed by atoms with Gasteiger partial charge < -0.3 is 5.73 Å². The Hall–Kier alpha value is -1.61. The van der Waals surface area contributed by atoms with Crippen LogP contribution in [0.2, 0.25) is 0 Å². The molecule has 0 saturated carbocycles. The van der Waals surface area contributed by atoms with E-state index in [0.717, 1.165) is 18.5 Å². The van der Waals surface area contributed by atoms with Crippen LogP contribution in [0.1, 0.15) is 29.8 Å². The van der Waals surface area contributed by atoms with Gasteiger partial charge in [-0.05, 0) is 23.6 Å². The lowest BCUT2D eigenvalue weighted by atomic mass is 10.0. The molecule has 17 heavy (non-hydrogen) atoms. The molecule has 0 bridgehead atoms. The van der Waals surface area contributed by atoms with Crippen molar-refractivity contribution in [1.29, 1.82) is 0 Å². The van der Waals surface area contributed by atoms with Crippen molar-refractivity contribution in [2.75, 3.05) is 0 Å². The first-order chi connectivity index (χ1) is 8.19. The molecule has 0 aliphatic carbocycles. The molecule has 1 aromatic heterocycles. The molecular weight excluding hydrogens is 210 g/mol. The summed E-state index contributed by atoms with van der Waals surface area (Å²) >= 11 is 0. The van der Waals surface area contributed by atoms with Gasteiger partial charge in [0, 0.05) is 25.7 Å². The van der Waals surface area contributed by atoms with Gasteiger partial charge >= 0.3 is 0 Å². The van der Waals surface area contributed by atoms with E-state index >= 15 is 0 Å². The van der Waals surface area contributed by atoms with Crippen molar-refractivity contribution in [3.8, 4) is 0 Å². The zero-order chi connectivity index (χ0) is 12.3. The third-order valence-electron chi connectivity index (χ3n) is 3.01. The average Bonchev–Trinajstić information content (AvgIpc) is 2.75. The summed E-state index contributed by atoms with van der Waals surface area (Å²) in [7, 11) is 1.92. The maximum absolute atomic E-state index is 6.18. The van der Waals surface area contributed by atoms with Gasteiger partial charge in [-0.3, -0.25) is 4.68 Å². The molecule has 0 amide bonds. The van der Waals surface area contributed by atoms with Crippen LogP contribution < -0.4 is 5.73 Å². The predicted molar refractivity (Wildman–Crippen MR) is 69.7 cm³/mol. The molecule has 0 aliphatic heterocycles. The number of rotatable bonds is 4. The van der Waals surface area contributed by atoms with Gasteiger partial charge in [-0.15, -0.1) is 0 Å². The first-order valence-corrected chi connectivity index (χ1v) is 6.02. The molecule has 1 atom stereocenters. The first-order valence-electron chi connectivity index (χ1n) is 6.02. The number of aryl methyl sites for hydroxylation is 2. The van der Waals surface area contributed by atoms with Gasteiger partial charge in [0.1, 0.15) is 0 Å². The molecule has 2 N–H and O–H groups in total. The minimum atomic E-state index is 0.0239. The molecule has 1 unspecified atom stereocenters. The van der Waals surface area contributed by atoms with E-state index in [9.17, 15) is 0 Å². The highest BCUT2D eigenvalue weighted by molar-refractivity contribution is 5.25. The van der Waals surface area contributed by atoms with E-state index in [1.165, 1.54) is 11.1 Å². The van der Waals surface area contributed by atoms with Gasteiger partial charge in [-0.25, -0.2) is 0 Å². The first kappa shape index (κ1) is 11.9. The molecule has 2 aromatic rings. The summed E-state index contributed by atoms with van der Waals surface area (Å²) in [5.74, 6) is 0. The normalized spacial score (nSPS) is 12.6. The Labute approximate surface area is 102 Å². The number of nitrogens with zero attached hydrogens (tertiary/aromatic N) is 2. The highest BCUT2D eigenvalue weighted by Crippen LogP contribution is 2.16. The summed E-state index contributed by atoms with van der Waals surface area (Å²) in [5.41, 5.74) is 9.74. The highest BCUT2D eigenvalue weighted by Gasteiger charge is 2.08. The van der Waals surface area contributed by atoms with Crippen LogP contribution in [0, 0.1) is 0 Å². The van der Waals surface area contributed by atoms with Gasteiger partial charge in [0.25, 0.3) is 0 Å². The zero-order valence-corrected chi connectivity index (χ0v) is 10.4. The Balaban J connectivity index is 2.06. The molecule has 0 saturated heterocycles. The number of nitrogens with two attached hydrogens (primary N) is 1. The maximum Gasteiger partial charge on any atom is 0.0643 e. The second-order valence-corrected chi connectivity index (χ2v) is 4.39. The summed E-state index contributed by atoms with van der Waals surface area (Å²) in [6.07, 6.45) is 3.80. The Kier molecular flexibility index (Phi) is 3.59. The van der Waals surface area contributed by atoms with Crippen LogP contribution in [-0.4, -0.2) is 9.78 Å². The number of hydrogen-bond acceptors (Lipinski definition) is 2. The minimum Gasteiger partial charge on any atom is -0.324 e. The Bertz CT molecular complexity index is 470. The smallest absolute Gasteiger partial charge is 0.0643 e. The zero-order valence-electron chi connectivity index (χ0n) is 10.4. The van der Waals surface area contributed by atoms with Gasteiger partial charge in [-0.1, -0.05) is 31.2 Å². The second kappa shape index (κ2) is 5.15. The standard InChI is InChI=1S/C14H19N3/c1-3-11-4-6-12(7-5-11)14(15)10-13-8-9-17(2)16-13/h4-9,14H,3,10,15H2,1-2H3. The fraction of sp³-hybridized carbons (Fsp3) is 0.357. The molecule has 0 radical (unpaired) electrons. The Morgan fingerprint density at radius 3 is 2.47 bits per heavy atom. The van der Waals surface area contributed by atoms with E-state index in [0.29, 0.717) is 0 Å². The van der Waals surface area contributed by atoms with Crippen LogP contribution in [0.5, 0.6) is 0 Å². The van der Waals surface area contributed by atoms with E-state index in [2.05, 4.69) is 36.3 Å². The van der Waals surface area contributed by atoms with Crippen LogP contribution in [0.25, 0.3) is 0 Å². The SMILES string of the molecule is CCc1ccc(C(N)Cc2ccn(C)n2)cc1. The summed E-state index contributed by atoms with van der Waals surface area (Å²) in [4.78, 5) is 0. The molecule has 1 aromatic carbocycles. The molecule has 1 heterocycles. The van der Waals surface area contributed by atoms with Crippen LogP contribution >= 0.6 is 0 Å². The third-order valence-corrected chi connectivity index (χ3v) is 3.01. The molecule has 3 heteroatoms. The maximum atomic E-state index is 6.18. The van der Waals surface area contributed by atoms with Crippen molar-refractivity contribution in [3.05, 3.63) is 53.3 Å². The minimum absolute atomic E-state index is 0.0239. The number of hydrogen-bond donors (Lipinski definition) is 1. The predicted octanol–water partition coefficient (Wildman–Crippen LogP) is 2.22. The fourth-order valence-corrected chi connectivity index (χ4v) is 1.92. The van der Waals surface area contributed by atoms with Crippen molar-refractivity contribution < 1.29 is 0 Å². The Morgan fingerprint density at radius 2 is 1.94 bits per heavy atom. The molecule has 0 spiro atoms. The number of benzene rings is 1. The molecule has 0 fully saturated rings. The highest BCUT2D eigenvalue weighted by atomic mass is 15.2. The summed E-state index contributed by atoms with van der Waals surface area (Å²) in [6.45, 7) is 2.16. The van der Waals surface area contributed by atoms with Crippen molar-refractivity contribution in [1.82, 2.24) is 9.78 Å². The summed E-state index contributed by atoms with van der Waals surface area (Å²) < 4.78 is 1.81. The quantitative estimate of drug-likeness (QED) is 0.873. The third kappa shape index (κ3) is 2.94. The Morgan fingerprint density at radius 1 is 1.24 bits per heavy atom. The van der Waals surface area contributed by atoms with Crippen LogP contribution in [0.4, 0.5) is 0 Å². The average molecular weight is 229 g/mol. The van der Waals surface area contributed by atoms with Crippen LogP contribution in [0.15, 0.2) is 36.5 Å². The van der Waals surface area contributed by atoms with Crippen molar-refractivity contribution in [2.24, 2.45) is 12.8 Å². The van der Waals surface area contributed by atoms with Gasteiger partial charge in [0.15, 0.2) is 0 Å². The molecule has 90 valence electrons. The lowest BCUT2D eigenvalue weighted by Crippen LogP contribution is -2.13. The van der Waals surface area contributed by atoms with Gasteiger partial charge in [0.2, 0.25) is 0 Å². The van der Waals surface area contributed by atoms with Crippen molar-refractivity contribution >= 4 is 0 Å². The summed E-state index contributed by atoms with van der Waals surface area (Å²) in [5, 5.41) is 4.35. The van der Waals surface area contributed by atoms with Crippen LogP contribution in [0.3, 0.4) is 0 Å². The lowest BCUT2D eigenvalue weighted by Gasteiger charge is -2.11. The van der Waals surface area contributed by atoms with E-state index < -0.39 is 0 Å². The fourth-order valence-electron chi connectivity index (χ4n) is 1.92. The van der Waals surface area contributed by atoms with E-state index in [4.69, 9.17) is 5.73 Å². The van der Waals surface area contributed by atoms with Gasteiger partial charge in [-0.2, -0.15) is 5.10 Å². The molecule has 0 aliphatic rings. The topological polar surface area (TPSA) is 43.8 Å². The second-order valence-electron chi connectivity index (χ2n) is 4.39. The summed E-state index contributed by atoms with van der Waals surface area (Å²) in [6, 6.07) is 10.6. The lowest BCUT2D eigenvalue weighted by molar-refractivity contribution is 0.675. The van der Waals surface area contributed by atoms with E-state index in [1.807, 2.05) is 24.0 Å². The largest absolute Gasteiger partial charge is 0.324 e. The van der Waals surface area contributed by atoms with Gasteiger partial charge in [0.05, 0.1) is 5.69 Å².